The Hall–Kier alpha value is -4.12. The van der Waals surface area contributed by atoms with Gasteiger partial charge in [0.25, 0.3) is 0 Å². The summed E-state index contributed by atoms with van der Waals surface area (Å²) in [6, 6.07) is 15.5. The van der Waals surface area contributed by atoms with Crippen molar-refractivity contribution in [3.05, 3.63) is 71.8 Å². The summed E-state index contributed by atoms with van der Waals surface area (Å²) < 4.78 is 9.79. The van der Waals surface area contributed by atoms with Gasteiger partial charge in [0.2, 0.25) is 11.8 Å². The van der Waals surface area contributed by atoms with Gasteiger partial charge in [-0.3, -0.25) is 9.59 Å². The second kappa shape index (κ2) is 16.7. The summed E-state index contributed by atoms with van der Waals surface area (Å²) in [5, 5.41) is 20.1. The van der Waals surface area contributed by atoms with E-state index in [0.717, 1.165) is 11.1 Å². The number of ether oxygens (including phenoxy) is 2. The van der Waals surface area contributed by atoms with Gasteiger partial charge in [0.1, 0.15) is 18.7 Å². The fourth-order valence-corrected chi connectivity index (χ4v) is 3.68. The first-order valence-corrected chi connectivity index (χ1v) is 12.8. The third-order valence-electron chi connectivity index (χ3n) is 5.69. The minimum absolute atomic E-state index is 0.0455. The monoisotopic (exact) mass is 542 g/mol. The van der Waals surface area contributed by atoms with Crippen molar-refractivity contribution >= 4 is 24.0 Å². The van der Waals surface area contributed by atoms with Gasteiger partial charge in [0.05, 0.1) is 19.8 Å². The molecular weight excluding hydrogens is 504 g/mol. The predicted octanol–water partition coefficient (Wildman–Crippen LogP) is 1.89. The zero-order valence-electron chi connectivity index (χ0n) is 22.5. The quantitative estimate of drug-likeness (QED) is 0.244. The van der Waals surface area contributed by atoms with Crippen molar-refractivity contribution in [1.82, 2.24) is 21.3 Å². The number of hydrogen-bond donors (Lipinski definition) is 5. The number of amides is 4. The van der Waals surface area contributed by atoms with Crippen LogP contribution in [0.5, 0.6) is 0 Å². The van der Waals surface area contributed by atoms with E-state index in [9.17, 15) is 24.3 Å². The lowest BCUT2D eigenvalue weighted by Gasteiger charge is -2.26. The number of carbonyl (C=O) groups is 4. The molecule has 4 amide bonds. The summed E-state index contributed by atoms with van der Waals surface area (Å²) in [6.45, 7) is 3.33. The summed E-state index contributed by atoms with van der Waals surface area (Å²) in [7, 11) is 1.20. The summed E-state index contributed by atoms with van der Waals surface area (Å²) in [6.07, 6.45) is -0.987. The van der Waals surface area contributed by atoms with E-state index in [-0.39, 0.29) is 25.5 Å². The molecule has 212 valence electrons. The Labute approximate surface area is 228 Å². The molecular formula is C28H38N4O7. The molecule has 0 aliphatic rings. The van der Waals surface area contributed by atoms with E-state index in [1.54, 1.807) is 0 Å². The number of nitrogens with one attached hydrogen (secondary N) is 4. The van der Waals surface area contributed by atoms with Crippen molar-refractivity contribution in [2.75, 3.05) is 20.3 Å². The fourth-order valence-electron chi connectivity index (χ4n) is 3.68. The molecule has 11 heteroatoms. The van der Waals surface area contributed by atoms with Crippen molar-refractivity contribution in [2.45, 2.75) is 51.4 Å². The summed E-state index contributed by atoms with van der Waals surface area (Å²) in [5.74, 6) is -1.06. The molecule has 2 rings (SSSR count). The molecule has 0 unspecified atom stereocenters. The van der Waals surface area contributed by atoms with Gasteiger partial charge in [-0.25, -0.2) is 9.59 Å². The minimum Gasteiger partial charge on any atom is -0.453 e. The van der Waals surface area contributed by atoms with E-state index in [2.05, 4.69) is 26.0 Å². The third kappa shape index (κ3) is 11.9. The first-order chi connectivity index (χ1) is 18.7. The lowest BCUT2D eigenvalue weighted by molar-refractivity contribution is -0.130. The lowest BCUT2D eigenvalue weighted by Crippen LogP contribution is -2.57. The Kier molecular flexibility index (Phi) is 13.3. The number of methoxy groups -OCH3 is 1. The number of benzene rings is 2. The maximum absolute atomic E-state index is 13.3. The molecule has 11 nitrogen and oxygen atoms in total. The molecule has 0 radical (unpaired) electrons. The minimum atomic E-state index is -1.02. The Bertz CT molecular complexity index is 1050. The number of rotatable bonds is 14. The zero-order valence-corrected chi connectivity index (χ0v) is 22.5. The van der Waals surface area contributed by atoms with E-state index in [1.165, 1.54) is 7.11 Å². The van der Waals surface area contributed by atoms with Gasteiger partial charge in [0.15, 0.2) is 0 Å². The largest absolute Gasteiger partial charge is 0.453 e. The van der Waals surface area contributed by atoms with Gasteiger partial charge in [-0.2, -0.15) is 0 Å². The number of carbonyl (C=O) groups excluding carboxylic acids is 4. The van der Waals surface area contributed by atoms with Crippen LogP contribution in [-0.2, 0) is 32.1 Å². The third-order valence-corrected chi connectivity index (χ3v) is 5.69. The van der Waals surface area contributed by atoms with Crippen LogP contribution in [0.3, 0.4) is 0 Å². The Morgan fingerprint density at radius 1 is 0.795 bits per heavy atom. The van der Waals surface area contributed by atoms with E-state index in [0.29, 0.717) is 6.42 Å². The van der Waals surface area contributed by atoms with Gasteiger partial charge in [-0.1, -0.05) is 74.5 Å². The molecule has 0 aliphatic heterocycles. The lowest BCUT2D eigenvalue weighted by atomic mass is 10.0. The van der Waals surface area contributed by atoms with Crippen molar-refractivity contribution in [3.8, 4) is 0 Å². The number of aliphatic hydroxyl groups excluding tert-OH is 1. The van der Waals surface area contributed by atoms with Crippen LogP contribution in [-0.4, -0.2) is 67.5 Å². The molecule has 3 atom stereocenters. The second-order valence-electron chi connectivity index (χ2n) is 9.40. The highest BCUT2D eigenvalue weighted by Crippen LogP contribution is 2.09. The second-order valence-corrected chi connectivity index (χ2v) is 9.40. The standard InChI is InChI=1S/C28H38N4O7/c1-19(2)14-23(32-28(37)39-18-21-12-8-5-9-13-21)26(35)31-24(15-20-10-6-4-7-11-20)25(34)30-22(17-33)16-29-27(36)38-3/h4-13,19,22-24,33H,14-18H2,1-3H3,(H,29,36)(H,30,34)(H,31,35)(H,32,37)/t22-,23-,24-/m0/s1. The molecule has 2 aromatic rings. The van der Waals surface area contributed by atoms with E-state index in [4.69, 9.17) is 4.74 Å². The van der Waals surface area contributed by atoms with Gasteiger partial charge in [-0.05, 0) is 23.5 Å². The molecule has 2 aromatic carbocycles. The number of alkyl carbamates (subject to hydrolysis) is 2. The SMILES string of the molecule is COC(=O)NC[C@@H](CO)NC(=O)[C@H](Cc1ccccc1)NC(=O)[C@H](CC(C)C)NC(=O)OCc1ccccc1. The molecule has 0 saturated carbocycles. The van der Waals surface area contributed by atoms with Crippen LogP contribution in [0.25, 0.3) is 0 Å². The number of hydrogen-bond acceptors (Lipinski definition) is 7. The van der Waals surface area contributed by atoms with Gasteiger partial charge < -0.3 is 35.8 Å². The first-order valence-electron chi connectivity index (χ1n) is 12.8. The van der Waals surface area contributed by atoms with E-state index in [1.807, 2.05) is 74.5 Å². The van der Waals surface area contributed by atoms with Crippen molar-refractivity contribution in [3.63, 3.8) is 0 Å². The normalized spacial score (nSPS) is 12.9. The summed E-state index contributed by atoms with van der Waals surface area (Å²) in [4.78, 5) is 50.4. The predicted molar refractivity (Wildman–Crippen MR) is 145 cm³/mol. The Balaban J connectivity index is 2.11. The summed E-state index contributed by atoms with van der Waals surface area (Å²) in [5.41, 5.74) is 1.60. The average Bonchev–Trinajstić information content (AvgIpc) is 2.93. The van der Waals surface area contributed by atoms with Gasteiger partial charge >= 0.3 is 12.2 Å². The molecule has 0 aromatic heterocycles. The topological polar surface area (TPSA) is 155 Å². The average molecular weight is 543 g/mol. The maximum Gasteiger partial charge on any atom is 0.408 e. The van der Waals surface area contributed by atoms with Gasteiger partial charge in [-0.15, -0.1) is 0 Å². The molecule has 0 aliphatic carbocycles. The van der Waals surface area contributed by atoms with Crippen molar-refractivity contribution in [1.29, 1.82) is 0 Å². The smallest absolute Gasteiger partial charge is 0.408 e. The Morgan fingerprint density at radius 2 is 1.38 bits per heavy atom. The zero-order chi connectivity index (χ0) is 28.6. The van der Waals surface area contributed by atoms with Gasteiger partial charge in [0, 0.05) is 13.0 Å². The van der Waals surface area contributed by atoms with Crippen LogP contribution < -0.4 is 21.3 Å². The van der Waals surface area contributed by atoms with Crippen LogP contribution in [0, 0.1) is 5.92 Å². The van der Waals surface area contributed by atoms with Crippen LogP contribution in [0.15, 0.2) is 60.7 Å². The molecule has 39 heavy (non-hydrogen) atoms. The molecule has 0 bridgehead atoms. The highest BCUT2D eigenvalue weighted by Gasteiger charge is 2.29. The van der Waals surface area contributed by atoms with E-state index >= 15 is 0 Å². The van der Waals surface area contributed by atoms with Crippen molar-refractivity contribution < 1.29 is 33.8 Å². The molecule has 0 heterocycles. The fraction of sp³-hybridized carbons (Fsp3) is 0.429. The molecule has 5 N–H and O–H groups in total. The number of aliphatic hydroxyl groups is 1. The summed E-state index contributed by atoms with van der Waals surface area (Å²) >= 11 is 0. The first kappa shape index (κ1) is 31.1. The van der Waals surface area contributed by atoms with Crippen LogP contribution >= 0.6 is 0 Å². The highest BCUT2D eigenvalue weighted by atomic mass is 16.5. The molecule has 0 fully saturated rings. The van der Waals surface area contributed by atoms with Crippen LogP contribution in [0.1, 0.15) is 31.4 Å². The van der Waals surface area contributed by atoms with Crippen molar-refractivity contribution in [2.24, 2.45) is 5.92 Å². The van der Waals surface area contributed by atoms with E-state index < -0.39 is 48.7 Å². The molecule has 0 saturated heterocycles. The van der Waals surface area contributed by atoms with Crippen LogP contribution in [0.2, 0.25) is 0 Å². The molecule has 0 spiro atoms. The maximum atomic E-state index is 13.3. The highest BCUT2D eigenvalue weighted by molar-refractivity contribution is 5.91. The Morgan fingerprint density at radius 3 is 1.95 bits per heavy atom. The van der Waals surface area contributed by atoms with Crippen LogP contribution in [0.4, 0.5) is 9.59 Å².